The maximum Gasteiger partial charge on any atom is 0.227 e. The molecule has 3 rings (SSSR count). The van der Waals surface area contributed by atoms with E-state index in [0.29, 0.717) is 24.3 Å². The van der Waals surface area contributed by atoms with Gasteiger partial charge in [0.25, 0.3) is 0 Å². The van der Waals surface area contributed by atoms with E-state index in [2.05, 4.69) is 26.6 Å². The zero-order valence-corrected chi connectivity index (χ0v) is 14.7. The number of halogens is 2. The number of ether oxygens (including phenoxy) is 1. The highest BCUT2D eigenvalue weighted by molar-refractivity contribution is 9.10. The highest BCUT2D eigenvalue weighted by atomic mass is 79.9. The average molecular weight is 393 g/mol. The van der Waals surface area contributed by atoms with Crippen LogP contribution in [0.4, 0.5) is 10.1 Å². The second-order valence-electron chi connectivity index (χ2n) is 5.60. The van der Waals surface area contributed by atoms with Gasteiger partial charge in [-0.2, -0.15) is 0 Å². The average Bonchev–Trinajstić information content (AvgIpc) is 2.58. The Labute approximate surface area is 148 Å². The Bertz CT molecular complexity index is 752. The molecule has 0 atom stereocenters. The summed E-state index contributed by atoms with van der Waals surface area (Å²) in [4.78, 5) is 12.0. The molecule has 4 nitrogen and oxygen atoms in total. The van der Waals surface area contributed by atoms with Crippen molar-refractivity contribution in [2.45, 2.75) is 19.4 Å². The van der Waals surface area contributed by atoms with E-state index in [1.54, 1.807) is 6.07 Å². The van der Waals surface area contributed by atoms with E-state index >= 15 is 0 Å². The molecule has 0 saturated carbocycles. The summed E-state index contributed by atoms with van der Waals surface area (Å²) < 4.78 is 20.9. The molecule has 1 amide bonds. The molecule has 0 bridgehead atoms. The molecule has 24 heavy (non-hydrogen) atoms. The van der Waals surface area contributed by atoms with Crippen molar-refractivity contribution in [3.05, 3.63) is 57.8 Å². The molecule has 1 heterocycles. The molecule has 1 aliphatic heterocycles. The minimum absolute atomic E-state index is 0.157. The third-order valence-electron chi connectivity index (χ3n) is 3.88. The van der Waals surface area contributed by atoms with Crippen molar-refractivity contribution >= 4 is 27.5 Å². The van der Waals surface area contributed by atoms with Gasteiger partial charge in [0, 0.05) is 11.0 Å². The Hall–Kier alpha value is -1.92. The fourth-order valence-corrected chi connectivity index (χ4v) is 3.04. The molecule has 2 aromatic rings. The lowest BCUT2D eigenvalue weighted by atomic mass is 9.99. The lowest BCUT2D eigenvalue weighted by Gasteiger charge is -2.19. The monoisotopic (exact) mass is 392 g/mol. The van der Waals surface area contributed by atoms with Crippen molar-refractivity contribution in [3.63, 3.8) is 0 Å². The van der Waals surface area contributed by atoms with Crippen LogP contribution in [-0.2, 0) is 17.8 Å². The molecule has 0 saturated heterocycles. The van der Waals surface area contributed by atoms with Gasteiger partial charge in [-0.3, -0.25) is 4.79 Å². The molecule has 1 aliphatic rings. The number of carbonyl (C=O) groups excluding carboxylic acids is 1. The Balaban J connectivity index is 1.55. The summed E-state index contributed by atoms with van der Waals surface area (Å²) in [7, 11) is 0. The van der Waals surface area contributed by atoms with Crippen LogP contribution in [0.15, 0.2) is 40.9 Å². The number of carbonyl (C=O) groups is 1. The van der Waals surface area contributed by atoms with E-state index in [1.807, 2.05) is 30.3 Å². The van der Waals surface area contributed by atoms with Crippen molar-refractivity contribution in [2.75, 3.05) is 18.5 Å². The molecule has 0 fully saturated rings. The summed E-state index contributed by atoms with van der Waals surface area (Å²) in [5.41, 5.74) is 1.88. The van der Waals surface area contributed by atoms with Crippen LogP contribution >= 0.6 is 15.9 Å². The van der Waals surface area contributed by atoms with Crippen LogP contribution in [0.3, 0.4) is 0 Å². The molecule has 0 radical (unpaired) electrons. The first-order valence-electron chi connectivity index (χ1n) is 7.82. The van der Waals surface area contributed by atoms with Crippen molar-refractivity contribution in [3.8, 4) is 5.75 Å². The van der Waals surface area contributed by atoms with Gasteiger partial charge in [0.1, 0.15) is 11.6 Å². The number of anilines is 1. The lowest BCUT2D eigenvalue weighted by molar-refractivity contribution is -0.116. The smallest absolute Gasteiger partial charge is 0.227 e. The maximum absolute atomic E-state index is 14.5. The Morgan fingerprint density at radius 3 is 3.04 bits per heavy atom. The van der Waals surface area contributed by atoms with E-state index < -0.39 is 0 Å². The number of fused-ring (bicyclic) bond motifs is 1. The van der Waals surface area contributed by atoms with Gasteiger partial charge in [0.15, 0.2) is 0 Å². The first-order chi connectivity index (χ1) is 11.6. The van der Waals surface area contributed by atoms with Crippen molar-refractivity contribution < 1.29 is 13.9 Å². The number of hydrogen-bond donors (Lipinski definition) is 2. The first-order valence-corrected chi connectivity index (χ1v) is 8.62. The standard InChI is InChI=1S/C18H18BrFN2O2/c19-13-2-1-3-14(10-13)24-9-7-17(23)22-16-5-4-12-11-21-8-6-15(12)18(16)20/h1-5,10,21H,6-9,11H2,(H,22,23). The topological polar surface area (TPSA) is 50.4 Å². The SMILES string of the molecule is O=C(CCOc1cccc(Br)c1)Nc1ccc2c(c1F)CCNC2. The van der Waals surface area contributed by atoms with Crippen LogP contribution in [0.25, 0.3) is 0 Å². The van der Waals surface area contributed by atoms with Gasteiger partial charge < -0.3 is 15.4 Å². The normalized spacial score (nSPS) is 13.2. The van der Waals surface area contributed by atoms with Crippen LogP contribution in [-0.4, -0.2) is 19.1 Å². The fourth-order valence-electron chi connectivity index (χ4n) is 2.66. The summed E-state index contributed by atoms with van der Waals surface area (Å²) in [6.45, 7) is 1.65. The molecular formula is C18H18BrFN2O2. The van der Waals surface area contributed by atoms with Gasteiger partial charge in [0.2, 0.25) is 5.91 Å². The van der Waals surface area contributed by atoms with Crippen molar-refractivity contribution in [1.82, 2.24) is 5.32 Å². The molecule has 2 aromatic carbocycles. The van der Waals surface area contributed by atoms with Crippen LogP contribution < -0.4 is 15.4 Å². The highest BCUT2D eigenvalue weighted by Crippen LogP contribution is 2.24. The largest absolute Gasteiger partial charge is 0.493 e. The quantitative estimate of drug-likeness (QED) is 0.816. The molecule has 0 spiro atoms. The van der Waals surface area contributed by atoms with Gasteiger partial charge in [-0.05, 0) is 48.4 Å². The number of hydrogen-bond acceptors (Lipinski definition) is 3. The summed E-state index contributed by atoms with van der Waals surface area (Å²) in [6, 6.07) is 10.9. The molecule has 126 valence electrons. The third-order valence-corrected chi connectivity index (χ3v) is 4.37. The van der Waals surface area contributed by atoms with Crippen LogP contribution in [0, 0.1) is 5.82 Å². The minimum Gasteiger partial charge on any atom is -0.493 e. The Morgan fingerprint density at radius 1 is 1.33 bits per heavy atom. The third kappa shape index (κ3) is 4.13. The molecular weight excluding hydrogens is 375 g/mol. The molecule has 6 heteroatoms. The van der Waals surface area contributed by atoms with Gasteiger partial charge in [-0.1, -0.05) is 28.1 Å². The number of amides is 1. The maximum atomic E-state index is 14.5. The predicted octanol–water partition coefficient (Wildman–Crippen LogP) is 3.64. The van der Waals surface area contributed by atoms with Gasteiger partial charge in [-0.15, -0.1) is 0 Å². The van der Waals surface area contributed by atoms with E-state index in [4.69, 9.17) is 4.74 Å². The fraction of sp³-hybridized carbons (Fsp3) is 0.278. The van der Waals surface area contributed by atoms with E-state index in [1.165, 1.54) is 0 Å². The van der Waals surface area contributed by atoms with E-state index in [-0.39, 0.29) is 30.4 Å². The minimum atomic E-state index is -0.324. The second-order valence-corrected chi connectivity index (χ2v) is 6.51. The predicted molar refractivity (Wildman–Crippen MR) is 94.7 cm³/mol. The second kappa shape index (κ2) is 7.77. The molecule has 0 unspecified atom stereocenters. The first kappa shape index (κ1) is 16.9. The van der Waals surface area contributed by atoms with Crippen molar-refractivity contribution in [1.29, 1.82) is 0 Å². The zero-order chi connectivity index (χ0) is 16.9. The van der Waals surface area contributed by atoms with Crippen molar-refractivity contribution in [2.24, 2.45) is 0 Å². The highest BCUT2D eigenvalue weighted by Gasteiger charge is 2.17. The Kier molecular flexibility index (Phi) is 5.48. The Morgan fingerprint density at radius 2 is 2.21 bits per heavy atom. The van der Waals surface area contributed by atoms with E-state index in [0.717, 1.165) is 16.6 Å². The molecule has 0 aromatic heterocycles. The molecule has 2 N–H and O–H groups in total. The summed E-state index contributed by atoms with van der Waals surface area (Å²) in [5, 5.41) is 5.84. The zero-order valence-electron chi connectivity index (χ0n) is 13.1. The van der Waals surface area contributed by atoms with Crippen LogP contribution in [0.1, 0.15) is 17.5 Å². The summed E-state index contributed by atoms with van der Waals surface area (Å²) in [5.74, 6) is 0.0951. The van der Waals surface area contributed by atoms with E-state index in [9.17, 15) is 9.18 Å². The van der Waals surface area contributed by atoms with Crippen LogP contribution in [0.2, 0.25) is 0 Å². The van der Waals surface area contributed by atoms with Crippen LogP contribution in [0.5, 0.6) is 5.75 Å². The molecule has 0 aliphatic carbocycles. The lowest BCUT2D eigenvalue weighted by Crippen LogP contribution is -2.25. The number of rotatable bonds is 5. The summed E-state index contributed by atoms with van der Waals surface area (Å²) >= 11 is 3.36. The van der Waals surface area contributed by atoms with Gasteiger partial charge in [0.05, 0.1) is 18.7 Å². The van der Waals surface area contributed by atoms with Gasteiger partial charge >= 0.3 is 0 Å². The summed E-state index contributed by atoms with van der Waals surface area (Å²) in [6.07, 6.45) is 0.793. The number of benzene rings is 2. The van der Waals surface area contributed by atoms with Gasteiger partial charge in [-0.25, -0.2) is 4.39 Å². The number of nitrogens with one attached hydrogen (secondary N) is 2.